The van der Waals surface area contributed by atoms with Crippen LogP contribution >= 0.6 is 0 Å². The molecule has 15 heavy (non-hydrogen) atoms. The maximum atomic E-state index is 10.0. The lowest BCUT2D eigenvalue weighted by Crippen LogP contribution is -2.02. The Labute approximate surface area is 91.1 Å². The zero-order chi connectivity index (χ0) is 11.4. The topological polar surface area (TPSA) is 42.6 Å². The molecule has 1 aromatic rings. The van der Waals surface area contributed by atoms with Gasteiger partial charge in [-0.15, -0.1) is 0 Å². The molecular weight excluding hydrogens is 192 g/mol. The Balaban J connectivity index is 2.68. The number of rotatable bonds is 5. The molecule has 0 aliphatic heterocycles. The lowest BCUT2D eigenvalue weighted by atomic mass is 10.0. The Morgan fingerprint density at radius 3 is 2.40 bits per heavy atom. The van der Waals surface area contributed by atoms with Crippen LogP contribution in [-0.2, 0) is 4.74 Å². The molecule has 0 spiro atoms. The maximum Gasteiger partial charge on any atom is 0.107 e. The van der Waals surface area contributed by atoms with E-state index in [1.165, 1.54) is 0 Å². The van der Waals surface area contributed by atoms with E-state index in [-0.39, 0.29) is 0 Å². The van der Waals surface area contributed by atoms with Crippen molar-refractivity contribution in [3.05, 3.63) is 22.6 Å². The van der Waals surface area contributed by atoms with Gasteiger partial charge in [0.2, 0.25) is 0 Å². The number of furan rings is 1. The molecule has 3 nitrogen and oxygen atoms in total. The highest BCUT2D eigenvalue weighted by Crippen LogP contribution is 2.29. The van der Waals surface area contributed by atoms with Gasteiger partial charge in [-0.2, -0.15) is 0 Å². The molecule has 0 aliphatic rings. The Morgan fingerprint density at radius 1 is 1.27 bits per heavy atom. The van der Waals surface area contributed by atoms with Gasteiger partial charge in [-0.05, 0) is 39.2 Å². The van der Waals surface area contributed by atoms with Crippen LogP contribution in [0.15, 0.2) is 4.42 Å². The molecule has 1 N–H and O–H groups in total. The number of hydrogen-bond donors (Lipinski definition) is 1. The largest absolute Gasteiger partial charge is 0.466 e. The zero-order valence-electron chi connectivity index (χ0n) is 9.96. The first kappa shape index (κ1) is 12.3. The molecule has 1 heterocycles. The first-order valence-electron chi connectivity index (χ1n) is 5.31. The average molecular weight is 212 g/mol. The normalized spacial score (nSPS) is 13.1. The van der Waals surface area contributed by atoms with Gasteiger partial charge in [-0.3, -0.25) is 0 Å². The third-order valence-corrected chi connectivity index (χ3v) is 2.78. The number of hydrogen-bond acceptors (Lipinski definition) is 3. The SMILES string of the molecule is COCCCC(O)c1c(C)oc(C)c1C. The summed E-state index contributed by atoms with van der Waals surface area (Å²) in [6.07, 6.45) is 1.15. The van der Waals surface area contributed by atoms with Crippen LogP contribution in [0.25, 0.3) is 0 Å². The van der Waals surface area contributed by atoms with Gasteiger partial charge in [0.25, 0.3) is 0 Å². The van der Waals surface area contributed by atoms with E-state index in [1.54, 1.807) is 7.11 Å². The second-order valence-corrected chi connectivity index (χ2v) is 3.90. The first-order valence-corrected chi connectivity index (χ1v) is 5.31. The average Bonchev–Trinajstić information content (AvgIpc) is 2.41. The van der Waals surface area contributed by atoms with Gasteiger partial charge in [0, 0.05) is 19.3 Å². The van der Waals surface area contributed by atoms with Crippen LogP contribution < -0.4 is 0 Å². The molecule has 86 valence electrons. The van der Waals surface area contributed by atoms with E-state index in [9.17, 15) is 5.11 Å². The molecule has 0 aliphatic carbocycles. The molecule has 0 amide bonds. The second kappa shape index (κ2) is 5.33. The standard InChI is InChI=1S/C12H20O3/c1-8-9(2)15-10(3)12(8)11(13)6-5-7-14-4/h11,13H,5-7H2,1-4H3. The molecule has 1 aromatic heterocycles. The molecule has 0 aromatic carbocycles. The minimum atomic E-state index is -0.433. The molecule has 0 saturated carbocycles. The summed E-state index contributed by atoms with van der Waals surface area (Å²) in [4.78, 5) is 0. The molecular formula is C12H20O3. The van der Waals surface area contributed by atoms with E-state index in [1.807, 2.05) is 20.8 Å². The van der Waals surface area contributed by atoms with Gasteiger partial charge >= 0.3 is 0 Å². The van der Waals surface area contributed by atoms with E-state index in [0.29, 0.717) is 13.0 Å². The van der Waals surface area contributed by atoms with Crippen LogP contribution in [0.2, 0.25) is 0 Å². The van der Waals surface area contributed by atoms with Crippen molar-refractivity contribution in [3.63, 3.8) is 0 Å². The molecule has 1 atom stereocenters. The van der Waals surface area contributed by atoms with Crippen molar-refractivity contribution < 1.29 is 14.3 Å². The molecule has 1 unspecified atom stereocenters. The summed E-state index contributed by atoms with van der Waals surface area (Å²) in [5.74, 6) is 1.73. The van der Waals surface area contributed by atoms with Gasteiger partial charge < -0.3 is 14.3 Å². The summed E-state index contributed by atoms with van der Waals surface area (Å²) in [6, 6.07) is 0. The Hall–Kier alpha value is -0.800. The van der Waals surface area contributed by atoms with Crippen molar-refractivity contribution in [2.75, 3.05) is 13.7 Å². The van der Waals surface area contributed by atoms with Crippen molar-refractivity contribution in [3.8, 4) is 0 Å². The summed E-state index contributed by atoms with van der Waals surface area (Å²) >= 11 is 0. The number of ether oxygens (including phenoxy) is 1. The fourth-order valence-electron chi connectivity index (χ4n) is 1.86. The summed E-state index contributed by atoms with van der Waals surface area (Å²) in [5.41, 5.74) is 2.01. The van der Waals surface area contributed by atoms with Crippen LogP contribution in [0.4, 0.5) is 0 Å². The lowest BCUT2D eigenvalue weighted by molar-refractivity contribution is 0.134. The van der Waals surface area contributed by atoms with E-state index in [4.69, 9.17) is 9.15 Å². The third-order valence-electron chi connectivity index (χ3n) is 2.78. The molecule has 0 fully saturated rings. The van der Waals surface area contributed by atoms with Crippen LogP contribution in [-0.4, -0.2) is 18.8 Å². The summed E-state index contributed by atoms with van der Waals surface area (Å²) in [7, 11) is 1.67. The van der Waals surface area contributed by atoms with Crippen molar-refractivity contribution in [1.29, 1.82) is 0 Å². The molecule has 0 radical (unpaired) electrons. The quantitative estimate of drug-likeness (QED) is 0.763. The minimum Gasteiger partial charge on any atom is -0.466 e. The molecule has 3 heteroatoms. The van der Waals surface area contributed by atoms with Gasteiger partial charge in [0.05, 0.1) is 6.10 Å². The predicted octanol–water partition coefficient (Wildman–Crippen LogP) is 2.66. The second-order valence-electron chi connectivity index (χ2n) is 3.90. The van der Waals surface area contributed by atoms with Crippen molar-refractivity contribution >= 4 is 0 Å². The van der Waals surface area contributed by atoms with E-state index >= 15 is 0 Å². The highest BCUT2D eigenvalue weighted by Gasteiger charge is 2.18. The fraction of sp³-hybridized carbons (Fsp3) is 0.667. The van der Waals surface area contributed by atoms with E-state index in [2.05, 4.69) is 0 Å². The Kier molecular flexibility index (Phi) is 4.36. The Bertz CT molecular complexity index is 315. The first-order chi connectivity index (χ1) is 7.07. The number of aliphatic hydroxyl groups is 1. The smallest absolute Gasteiger partial charge is 0.107 e. The third kappa shape index (κ3) is 2.83. The summed E-state index contributed by atoms with van der Waals surface area (Å²) < 4.78 is 10.4. The van der Waals surface area contributed by atoms with Gasteiger partial charge in [-0.25, -0.2) is 0 Å². The maximum absolute atomic E-state index is 10.0. The molecule has 0 bridgehead atoms. The van der Waals surface area contributed by atoms with Crippen molar-refractivity contribution in [2.24, 2.45) is 0 Å². The molecule has 0 saturated heterocycles. The monoisotopic (exact) mass is 212 g/mol. The van der Waals surface area contributed by atoms with Crippen LogP contribution in [0.5, 0.6) is 0 Å². The minimum absolute atomic E-state index is 0.433. The van der Waals surface area contributed by atoms with Crippen LogP contribution in [0.3, 0.4) is 0 Å². The summed E-state index contributed by atoms with van der Waals surface area (Å²) in [5, 5.41) is 10.0. The van der Waals surface area contributed by atoms with Crippen molar-refractivity contribution in [1.82, 2.24) is 0 Å². The van der Waals surface area contributed by atoms with Gasteiger partial charge in [-0.1, -0.05) is 0 Å². The van der Waals surface area contributed by atoms with Crippen LogP contribution in [0.1, 0.15) is 41.6 Å². The summed E-state index contributed by atoms with van der Waals surface area (Å²) in [6.45, 7) is 6.50. The number of aryl methyl sites for hydroxylation is 2. The fourth-order valence-corrected chi connectivity index (χ4v) is 1.86. The van der Waals surface area contributed by atoms with E-state index < -0.39 is 6.10 Å². The Morgan fingerprint density at radius 2 is 1.93 bits per heavy atom. The highest BCUT2D eigenvalue weighted by atomic mass is 16.5. The zero-order valence-corrected chi connectivity index (χ0v) is 9.96. The highest BCUT2D eigenvalue weighted by molar-refractivity contribution is 5.33. The predicted molar refractivity (Wildman–Crippen MR) is 59.0 cm³/mol. The van der Waals surface area contributed by atoms with Crippen LogP contribution in [0, 0.1) is 20.8 Å². The lowest BCUT2D eigenvalue weighted by Gasteiger charge is -2.10. The number of methoxy groups -OCH3 is 1. The van der Waals surface area contributed by atoms with Gasteiger partial charge in [0.1, 0.15) is 11.5 Å². The van der Waals surface area contributed by atoms with Crippen molar-refractivity contribution in [2.45, 2.75) is 39.7 Å². The number of aliphatic hydroxyl groups excluding tert-OH is 1. The van der Waals surface area contributed by atoms with Gasteiger partial charge in [0.15, 0.2) is 0 Å². The molecule has 1 rings (SSSR count). The van der Waals surface area contributed by atoms with E-state index in [0.717, 1.165) is 29.1 Å².